The molecule has 1 heterocycles. The second-order valence-electron chi connectivity index (χ2n) is 8.63. The molecule has 0 radical (unpaired) electrons. The molecule has 0 bridgehead atoms. The predicted octanol–water partition coefficient (Wildman–Crippen LogP) is 3.64. The van der Waals surface area contributed by atoms with E-state index in [2.05, 4.69) is 61.7 Å². The zero-order valence-corrected chi connectivity index (χ0v) is 19.4. The first kappa shape index (κ1) is 22.0. The van der Waals surface area contributed by atoms with Crippen LogP contribution in [0.1, 0.15) is 40.2 Å². The molecule has 6 nitrogen and oxygen atoms in total. The Bertz CT molecular complexity index is 854. The average Bonchev–Trinajstić information content (AvgIpc) is 2.99. The quantitative estimate of drug-likeness (QED) is 0.501. The normalized spacial score (nSPS) is 20.8. The van der Waals surface area contributed by atoms with Crippen LogP contribution in [0.4, 0.5) is 0 Å². The molecule has 2 rings (SSSR count). The number of aldehydes is 1. The van der Waals surface area contributed by atoms with E-state index in [1.54, 1.807) is 6.08 Å². The Morgan fingerprint density at radius 2 is 2.04 bits per heavy atom. The van der Waals surface area contributed by atoms with Crippen molar-refractivity contribution < 1.29 is 9.22 Å². The third-order valence-electron chi connectivity index (χ3n) is 6.44. The van der Waals surface area contributed by atoms with Gasteiger partial charge in [-0.2, -0.15) is 0 Å². The molecule has 8 heteroatoms. The van der Waals surface area contributed by atoms with Crippen molar-refractivity contribution >= 4 is 30.5 Å². The summed E-state index contributed by atoms with van der Waals surface area (Å²) in [4.78, 5) is 37.5. The number of aromatic nitrogens is 2. The molecule has 1 aliphatic rings. The molecule has 0 amide bonds. The van der Waals surface area contributed by atoms with Crippen LogP contribution in [-0.2, 0) is 9.22 Å². The number of halogens is 1. The first-order valence-electron chi connectivity index (χ1n) is 9.22. The number of nitrogens with zero attached hydrogens (tertiary/aromatic N) is 1. The van der Waals surface area contributed by atoms with Gasteiger partial charge in [-0.1, -0.05) is 33.8 Å². The molecule has 1 aromatic rings. The minimum atomic E-state index is -2.00. The number of nitrogens with one attached hydrogen (secondary N) is 1. The second kappa shape index (κ2) is 8.01. The van der Waals surface area contributed by atoms with E-state index in [0.29, 0.717) is 24.5 Å². The summed E-state index contributed by atoms with van der Waals surface area (Å²) >= 11 is 3.15. The van der Waals surface area contributed by atoms with Crippen molar-refractivity contribution in [3.05, 3.63) is 43.2 Å². The van der Waals surface area contributed by atoms with Gasteiger partial charge in [-0.05, 0) is 52.0 Å². The smallest absolute Gasteiger partial charge is 0.328 e. The molecule has 1 N–H and O–H groups in total. The predicted molar refractivity (Wildman–Crippen MR) is 113 cm³/mol. The van der Waals surface area contributed by atoms with Crippen molar-refractivity contribution in [1.82, 2.24) is 9.55 Å². The number of carbonyl (C=O) groups is 1. The number of carbonyl (C=O) groups excluding carboxylic acids is 1. The third-order valence-corrected chi connectivity index (χ3v) is 11.6. The Balaban J connectivity index is 2.19. The third kappa shape index (κ3) is 4.43. The standard InChI is InChI=1S/C19H29BrN2O4Si/c1-12(2)19(3,4)27(5,6)26-11-14-8-15(7-13(14)10-23)22-9-16(20)17(24)21-18(22)25/h7,9-10,12,14-15H,8,11H2,1-6H3,(H,21,24,25). The number of allylic oxidation sites excluding steroid dienone is 1. The SMILES string of the molecule is CC(C)C(C)(C)[Si](C)(C)OCC1CC(n2cc(Br)c(=O)[nH]c2=O)C=C1C=O. The van der Waals surface area contributed by atoms with Gasteiger partial charge in [0, 0.05) is 18.7 Å². The zero-order valence-electron chi connectivity index (χ0n) is 16.8. The van der Waals surface area contributed by atoms with E-state index in [1.165, 1.54) is 10.8 Å². The summed E-state index contributed by atoms with van der Waals surface area (Å²) in [7, 11) is -2.00. The molecule has 0 saturated heterocycles. The second-order valence-corrected chi connectivity index (χ2v) is 14.1. The highest BCUT2D eigenvalue weighted by atomic mass is 79.9. The Morgan fingerprint density at radius 3 is 2.59 bits per heavy atom. The van der Waals surface area contributed by atoms with Crippen LogP contribution in [0.25, 0.3) is 0 Å². The summed E-state index contributed by atoms with van der Waals surface area (Å²) in [5.41, 5.74) is -0.286. The van der Waals surface area contributed by atoms with Crippen LogP contribution >= 0.6 is 15.9 Å². The Labute approximate surface area is 169 Å². The maximum atomic E-state index is 12.1. The van der Waals surface area contributed by atoms with Gasteiger partial charge in [0.15, 0.2) is 8.32 Å². The highest BCUT2D eigenvalue weighted by Crippen LogP contribution is 2.45. The molecule has 2 unspecified atom stereocenters. The Hall–Kier alpha value is -1.25. The maximum Gasteiger partial charge on any atom is 0.328 e. The number of rotatable bonds is 7. The van der Waals surface area contributed by atoms with Gasteiger partial charge in [-0.3, -0.25) is 19.1 Å². The van der Waals surface area contributed by atoms with Crippen LogP contribution in [0.15, 0.2) is 31.9 Å². The lowest BCUT2D eigenvalue weighted by Gasteiger charge is -2.43. The van der Waals surface area contributed by atoms with Crippen molar-refractivity contribution in [2.45, 2.75) is 58.3 Å². The monoisotopic (exact) mass is 456 g/mol. The average molecular weight is 457 g/mol. The van der Waals surface area contributed by atoms with E-state index in [9.17, 15) is 14.4 Å². The van der Waals surface area contributed by atoms with E-state index in [1.807, 2.05) is 0 Å². The van der Waals surface area contributed by atoms with Crippen molar-refractivity contribution in [3.8, 4) is 0 Å². The summed E-state index contributed by atoms with van der Waals surface area (Å²) in [6.07, 6.45) is 4.73. The van der Waals surface area contributed by atoms with Gasteiger partial charge < -0.3 is 4.43 Å². The fourth-order valence-corrected chi connectivity index (χ4v) is 5.94. The molecular formula is C19H29BrN2O4Si. The van der Waals surface area contributed by atoms with Crippen molar-refractivity contribution in [2.24, 2.45) is 11.8 Å². The molecule has 1 aromatic heterocycles. The minimum Gasteiger partial charge on any atom is -0.416 e. The highest BCUT2D eigenvalue weighted by Gasteiger charge is 2.44. The molecular weight excluding hydrogens is 428 g/mol. The van der Waals surface area contributed by atoms with Crippen LogP contribution < -0.4 is 11.2 Å². The highest BCUT2D eigenvalue weighted by molar-refractivity contribution is 9.10. The summed E-state index contributed by atoms with van der Waals surface area (Å²) in [6.45, 7) is 13.8. The molecule has 1 aliphatic carbocycles. The Morgan fingerprint density at radius 1 is 1.41 bits per heavy atom. The molecule has 27 heavy (non-hydrogen) atoms. The lowest BCUT2D eigenvalue weighted by Crippen LogP contribution is -2.46. The topological polar surface area (TPSA) is 81.2 Å². The fraction of sp³-hybridized carbons (Fsp3) is 0.632. The molecule has 0 spiro atoms. The van der Waals surface area contributed by atoms with E-state index < -0.39 is 19.6 Å². The first-order valence-corrected chi connectivity index (χ1v) is 12.9. The fourth-order valence-electron chi connectivity index (χ4n) is 3.24. The largest absolute Gasteiger partial charge is 0.416 e. The summed E-state index contributed by atoms with van der Waals surface area (Å²) in [5, 5.41) is 0.0940. The van der Waals surface area contributed by atoms with Gasteiger partial charge in [0.05, 0.1) is 10.5 Å². The van der Waals surface area contributed by atoms with E-state index in [0.717, 1.165) is 6.29 Å². The van der Waals surface area contributed by atoms with Crippen molar-refractivity contribution in [1.29, 1.82) is 0 Å². The number of aromatic amines is 1. The van der Waals surface area contributed by atoms with Crippen LogP contribution in [0.5, 0.6) is 0 Å². The van der Waals surface area contributed by atoms with Gasteiger partial charge in [0.25, 0.3) is 5.56 Å². The van der Waals surface area contributed by atoms with E-state index >= 15 is 0 Å². The Kier molecular flexibility index (Phi) is 6.54. The van der Waals surface area contributed by atoms with Gasteiger partial charge >= 0.3 is 5.69 Å². The molecule has 2 atom stereocenters. The minimum absolute atomic E-state index is 0.0557. The van der Waals surface area contributed by atoms with Gasteiger partial charge in [0.2, 0.25) is 0 Å². The van der Waals surface area contributed by atoms with Crippen LogP contribution in [0.3, 0.4) is 0 Å². The van der Waals surface area contributed by atoms with E-state index in [4.69, 9.17) is 4.43 Å². The molecule has 0 aliphatic heterocycles. The van der Waals surface area contributed by atoms with E-state index in [-0.39, 0.29) is 21.5 Å². The van der Waals surface area contributed by atoms with Crippen molar-refractivity contribution in [3.63, 3.8) is 0 Å². The summed E-state index contributed by atoms with van der Waals surface area (Å²) in [5.74, 6) is 0.438. The van der Waals surface area contributed by atoms with Crippen LogP contribution in [-0.4, -0.2) is 30.8 Å². The number of hydrogen-bond donors (Lipinski definition) is 1. The first-order chi connectivity index (χ1) is 12.4. The van der Waals surface area contributed by atoms with Gasteiger partial charge in [-0.25, -0.2) is 4.79 Å². The lowest BCUT2D eigenvalue weighted by molar-refractivity contribution is -0.105. The molecule has 150 valence electrons. The van der Waals surface area contributed by atoms with Crippen LogP contribution in [0, 0.1) is 11.8 Å². The van der Waals surface area contributed by atoms with Gasteiger partial charge in [0.1, 0.15) is 6.29 Å². The maximum absolute atomic E-state index is 12.1. The van der Waals surface area contributed by atoms with Crippen LogP contribution in [0.2, 0.25) is 18.1 Å². The molecule has 0 aromatic carbocycles. The van der Waals surface area contributed by atoms with Gasteiger partial charge in [-0.15, -0.1) is 0 Å². The lowest BCUT2D eigenvalue weighted by atomic mass is 9.99. The molecule has 0 fully saturated rings. The zero-order chi connectivity index (χ0) is 20.6. The number of hydrogen-bond acceptors (Lipinski definition) is 4. The number of H-pyrrole nitrogens is 1. The van der Waals surface area contributed by atoms with Crippen molar-refractivity contribution in [2.75, 3.05) is 6.61 Å². The summed E-state index contributed by atoms with van der Waals surface area (Å²) < 4.78 is 8.15. The molecule has 0 saturated carbocycles. The summed E-state index contributed by atoms with van der Waals surface area (Å²) in [6, 6.07) is -0.276.